The zero-order valence-electron chi connectivity index (χ0n) is 16.6. The first-order valence-electron chi connectivity index (χ1n) is 9.56. The summed E-state index contributed by atoms with van der Waals surface area (Å²) in [7, 11) is 0. The van der Waals surface area contributed by atoms with Crippen LogP contribution in [0.2, 0.25) is 0 Å². The molecule has 2 fully saturated rings. The second kappa shape index (κ2) is 8.92. The number of nitrogens with zero attached hydrogens (tertiary/aromatic N) is 3. The van der Waals surface area contributed by atoms with Gasteiger partial charge in [0.25, 0.3) is 5.91 Å². The molecule has 1 N–H and O–H groups in total. The molecule has 0 spiro atoms. The number of nitrogens with one attached hydrogen (secondary N) is 1. The van der Waals surface area contributed by atoms with Crippen molar-refractivity contribution < 1.29 is 23.9 Å². The van der Waals surface area contributed by atoms with E-state index in [-0.39, 0.29) is 18.2 Å². The molecule has 1 atom stereocenters. The maximum absolute atomic E-state index is 12.3. The molecule has 9 heteroatoms. The van der Waals surface area contributed by atoms with Gasteiger partial charge in [0.05, 0.1) is 6.10 Å². The van der Waals surface area contributed by atoms with Crippen LogP contribution in [0, 0.1) is 25.2 Å². The molecular weight excluding hydrogens is 376 g/mol. The Bertz CT molecular complexity index is 889. The SMILES string of the molecule is Cc1cc(/C=C(\C#N)C(=O)OCC(=O)N2CCNC2=O)c(C)n1C[C@H]1CCCO1. The Kier molecular flexibility index (Phi) is 6.34. The number of carbonyl (C=O) groups is 3. The number of esters is 1. The van der Waals surface area contributed by atoms with Crippen LogP contribution in [0.25, 0.3) is 6.08 Å². The standard InChI is InChI=1S/C20H24N4O5/c1-13-8-15(14(2)24(13)11-17-4-3-7-28-17)9-16(10-21)19(26)29-12-18(25)23-6-5-22-20(23)27/h8-9,17H,3-7,11-12H2,1-2H3,(H,22,27)/b16-9+/t17-/m1/s1. The maximum Gasteiger partial charge on any atom is 0.349 e. The zero-order valence-corrected chi connectivity index (χ0v) is 16.6. The van der Waals surface area contributed by atoms with Crippen molar-refractivity contribution in [1.29, 1.82) is 5.26 Å². The molecule has 1 aromatic rings. The largest absolute Gasteiger partial charge is 0.451 e. The summed E-state index contributed by atoms with van der Waals surface area (Å²) in [6.07, 6.45) is 3.70. The van der Waals surface area contributed by atoms with Crippen molar-refractivity contribution in [2.24, 2.45) is 0 Å². The van der Waals surface area contributed by atoms with Gasteiger partial charge in [0.2, 0.25) is 0 Å². The normalized spacial score (nSPS) is 19.2. The van der Waals surface area contributed by atoms with Gasteiger partial charge in [-0.15, -0.1) is 0 Å². The molecule has 2 aliphatic heterocycles. The maximum atomic E-state index is 12.3. The molecule has 2 aliphatic rings. The number of nitriles is 1. The minimum atomic E-state index is -0.899. The van der Waals surface area contributed by atoms with E-state index < -0.39 is 24.5 Å². The van der Waals surface area contributed by atoms with Gasteiger partial charge in [-0.2, -0.15) is 5.26 Å². The smallest absolute Gasteiger partial charge is 0.349 e. The number of aromatic nitrogens is 1. The monoisotopic (exact) mass is 400 g/mol. The molecule has 154 valence electrons. The number of aryl methyl sites for hydroxylation is 1. The van der Waals surface area contributed by atoms with Crippen LogP contribution in [0.1, 0.15) is 29.8 Å². The van der Waals surface area contributed by atoms with Crippen molar-refractivity contribution in [3.8, 4) is 6.07 Å². The van der Waals surface area contributed by atoms with Crippen molar-refractivity contribution in [3.63, 3.8) is 0 Å². The highest BCUT2D eigenvalue weighted by Gasteiger charge is 2.27. The van der Waals surface area contributed by atoms with Crippen molar-refractivity contribution in [1.82, 2.24) is 14.8 Å². The Balaban J connectivity index is 1.67. The third-order valence-corrected chi connectivity index (χ3v) is 5.15. The van der Waals surface area contributed by atoms with Crippen LogP contribution in [0.4, 0.5) is 4.79 Å². The van der Waals surface area contributed by atoms with Crippen LogP contribution in [0.15, 0.2) is 11.6 Å². The van der Waals surface area contributed by atoms with Gasteiger partial charge < -0.3 is 19.4 Å². The first kappa shape index (κ1) is 20.6. The molecule has 3 heterocycles. The minimum absolute atomic E-state index is 0.172. The van der Waals surface area contributed by atoms with Crippen molar-refractivity contribution in [2.75, 3.05) is 26.3 Å². The van der Waals surface area contributed by atoms with Crippen LogP contribution < -0.4 is 5.32 Å². The molecule has 0 aromatic carbocycles. The fourth-order valence-electron chi connectivity index (χ4n) is 3.53. The van der Waals surface area contributed by atoms with Gasteiger partial charge in [0.15, 0.2) is 6.61 Å². The predicted octanol–water partition coefficient (Wildman–Crippen LogP) is 1.29. The molecule has 0 bridgehead atoms. The first-order valence-corrected chi connectivity index (χ1v) is 9.56. The number of hydrogen-bond acceptors (Lipinski definition) is 6. The second-order valence-electron chi connectivity index (χ2n) is 7.10. The lowest BCUT2D eigenvalue weighted by Crippen LogP contribution is -2.37. The molecule has 1 aromatic heterocycles. The summed E-state index contributed by atoms with van der Waals surface area (Å²) >= 11 is 0. The molecule has 0 saturated carbocycles. The highest BCUT2D eigenvalue weighted by Crippen LogP contribution is 2.22. The predicted molar refractivity (Wildman–Crippen MR) is 103 cm³/mol. The highest BCUT2D eigenvalue weighted by atomic mass is 16.5. The number of hydrogen-bond donors (Lipinski definition) is 1. The Morgan fingerprint density at radius 2 is 2.24 bits per heavy atom. The molecule has 3 amide bonds. The van der Waals surface area contributed by atoms with E-state index in [0.717, 1.165) is 47.8 Å². The summed E-state index contributed by atoms with van der Waals surface area (Å²) < 4.78 is 12.7. The van der Waals surface area contributed by atoms with Crippen LogP contribution in [0.5, 0.6) is 0 Å². The zero-order chi connectivity index (χ0) is 21.0. The molecule has 3 rings (SSSR count). The summed E-state index contributed by atoms with van der Waals surface area (Å²) in [6.45, 7) is 5.38. The van der Waals surface area contributed by atoms with E-state index in [1.54, 1.807) is 0 Å². The van der Waals surface area contributed by atoms with Crippen molar-refractivity contribution in [2.45, 2.75) is 39.3 Å². The Labute approximate surface area is 168 Å². The fourth-order valence-corrected chi connectivity index (χ4v) is 3.53. The lowest BCUT2D eigenvalue weighted by molar-refractivity contribution is -0.146. The Morgan fingerprint density at radius 1 is 1.45 bits per heavy atom. The fraction of sp³-hybridized carbons (Fsp3) is 0.500. The molecule has 9 nitrogen and oxygen atoms in total. The van der Waals surface area contributed by atoms with Crippen molar-refractivity contribution >= 4 is 24.0 Å². The molecule has 0 radical (unpaired) electrons. The lowest BCUT2D eigenvalue weighted by atomic mass is 10.1. The summed E-state index contributed by atoms with van der Waals surface area (Å²) in [5.74, 6) is -1.52. The second-order valence-corrected chi connectivity index (χ2v) is 7.10. The number of imide groups is 1. The Hall–Kier alpha value is -3.12. The average molecular weight is 400 g/mol. The number of urea groups is 1. The average Bonchev–Trinajstić information content (AvgIpc) is 3.42. The van der Waals surface area contributed by atoms with Gasteiger partial charge in [0.1, 0.15) is 11.6 Å². The van der Waals surface area contributed by atoms with Crippen LogP contribution in [-0.2, 0) is 25.6 Å². The van der Waals surface area contributed by atoms with Crippen molar-refractivity contribution in [3.05, 3.63) is 28.6 Å². The molecule has 29 heavy (non-hydrogen) atoms. The van der Waals surface area contributed by atoms with E-state index in [2.05, 4.69) is 9.88 Å². The Morgan fingerprint density at radius 3 is 2.86 bits per heavy atom. The third kappa shape index (κ3) is 4.66. The topological polar surface area (TPSA) is 114 Å². The van der Waals surface area contributed by atoms with E-state index in [0.29, 0.717) is 6.54 Å². The molecule has 2 saturated heterocycles. The minimum Gasteiger partial charge on any atom is -0.451 e. The quantitative estimate of drug-likeness (QED) is 0.437. The number of rotatable bonds is 6. The van der Waals surface area contributed by atoms with E-state index in [9.17, 15) is 19.6 Å². The molecule has 0 aliphatic carbocycles. The van der Waals surface area contributed by atoms with Gasteiger partial charge in [-0.25, -0.2) is 9.59 Å². The van der Waals surface area contributed by atoms with E-state index in [1.807, 2.05) is 26.0 Å². The van der Waals surface area contributed by atoms with E-state index in [1.165, 1.54) is 6.08 Å². The number of amides is 3. The first-order chi connectivity index (χ1) is 13.9. The molecular formula is C20H24N4O5. The van der Waals surface area contributed by atoms with Gasteiger partial charge in [-0.1, -0.05) is 0 Å². The number of carbonyl (C=O) groups excluding carboxylic acids is 3. The summed E-state index contributed by atoms with van der Waals surface area (Å²) in [5.41, 5.74) is 2.45. The third-order valence-electron chi connectivity index (χ3n) is 5.15. The highest BCUT2D eigenvalue weighted by molar-refractivity contribution is 6.01. The summed E-state index contributed by atoms with van der Waals surface area (Å²) in [5, 5.41) is 11.9. The van der Waals surface area contributed by atoms with E-state index in [4.69, 9.17) is 9.47 Å². The van der Waals surface area contributed by atoms with Gasteiger partial charge >= 0.3 is 12.0 Å². The summed E-state index contributed by atoms with van der Waals surface area (Å²) in [6, 6.07) is 3.21. The van der Waals surface area contributed by atoms with Gasteiger partial charge in [0, 0.05) is 37.6 Å². The van der Waals surface area contributed by atoms with E-state index >= 15 is 0 Å². The van der Waals surface area contributed by atoms with Crippen LogP contribution >= 0.6 is 0 Å². The van der Waals surface area contributed by atoms with Crippen LogP contribution in [-0.4, -0.2) is 59.8 Å². The molecule has 0 unspecified atom stereocenters. The van der Waals surface area contributed by atoms with Gasteiger partial charge in [-0.3, -0.25) is 9.69 Å². The number of ether oxygens (including phenoxy) is 2. The van der Waals surface area contributed by atoms with Gasteiger partial charge in [-0.05, 0) is 44.4 Å². The lowest BCUT2D eigenvalue weighted by Gasteiger charge is -2.14. The summed E-state index contributed by atoms with van der Waals surface area (Å²) in [4.78, 5) is 36.7. The van der Waals surface area contributed by atoms with Crippen LogP contribution in [0.3, 0.4) is 0 Å².